The number of Topliss-reactive ketones (excluding diaryl/α,β-unsaturated/α-hetero) is 1. The van der Waals surface area contributed by atoms with Crippen LogP contribution in [0, 0.1) is 11.3 Å². The first-order chi connectivity index (χ1) is 4.84. The topological polar surface area (TPSA) is 53.8 Å². The molecule has 0 fully saturated rings. The lowest BCUT2D eigenvalue weighted by atomic mass is 10.3. The molecular formula is C6H4N2OS. The van der Waals surface area contributed by atoms with Crippen molar-refractivity contribution in [2.24, 2.45) is 0 Å². The molecular weight excluding hydrogens is 148 g/mol. The second-order valence-corrected chi connectivity index (χ2v) is 2.51. The quantitative estimate of drug-likeness (QED) is 0.599. The molecule has 0 aliphatic carbocycles. The fourth-order valence-corrected chi connectivity index (χ4v) is 1.07. The van der Waals surface area contributed by atoms with E-state index < -0.39 is 0 Å². The van der Waals surface area contributed by atoms with Crippen molar-refractivity contribution in [3.8, 4) is 6.07 Å². The number of aromatic nitrogens is 1. The summed E-state index contributed by atoms with van der Waals surface area (Å²) in [7, 11) is 0. The summed E-state index contributed by atoms with van der Waals surface area (Å²) >= 11 is 1.26. The number of hydrogen-bond acceptors (Lipinski definition) is 4. The van der Waals surface area contributed by atoms with Gasteiger partial charge in [-0.3, -0.25) is 9.78 Å². The fourth-order valence-electron chi connectivity index (χ4n) is 0.512. The van der Waals surface area contributed by atoms with E-state index in [0.717, 1.165) is 0 Å². The van der Waals surface area contributed by atoms with Crippen LogP contribution in [0.15, 0.2) is 11.7 Å². The van der Waals surface area contributed by atoms with Crippen molar-refractivity contribution in [3.63, 3.8) is 0 Å². The van der Waals surface area contributed by atoms with E-state index in [1.807, 2.05) is 0 Å². The number of thiazole rings is 1. The van der Waals surface area contributed by atoms with Crippen LogP contribution in [0.3, 0.4) is 0 Å². The lowest BCUT2D eigenvalue weighted by molar-refractivity contribution is 0.100. The highest BCUT2D eigenvalue weighted by Gasteiger charge is 2.04. The number of carbonyl (C=O) groups is 1. The molecule has 0 aliphatic heterocycles. The van der Waals surface area contributed by atoms with Gasteiger partial charge in [0.15, 0.2) is 5.78 Å². The van der Waals surface area contributed by atoms with Crippen molar-refractivity contribution in [2.75, 3.05) is 0 Å². The Morgan fingerprint density at radius 2 is 2.70 bits per heavy atom. The van der Waals surface area contributed by atoms with Gasteiger partial charge in [-0.15, -0.1) is 11.3 Å². The number of nitrogens with zero attached hydrogens (tertiary/aromatic N) is 2. The first-order valence-corrected chi connectivity index (χ1v) is 3.51. The average Bonchev–Trinajstić information content (AvgIpc) is 2.38. The number of rotatable bonds is 2. The molecule has 0 atom stereocenters. The minimum absolute atomic E-state index is 0.0534. The van der Waals surface area contributed by atoms with Gasteiger partial charge in [-0.25, -0.2) is 0 Å². The van der Waals surface area contributed by atoms with Crippen molar-refractivity contribution < 1.29 is 4.79 Å². The SMILES string of the molecule is N#CCC(=O)c1cncs1. The van der Waals surface area contributed by atoms with Gasteiger partial charge in [0.25, 0.3) is 0 Å². The molecule has 0 amide bonds. The molecule has 0 saturated carbocycles. The van der Waals surface area contributed by atoms with E-state index >= 15 is 0 Å². The highest BCUT2D eigenvalue weighted by molar-refractivity contribution is 7.11. The molecule has 0 aliphatic rings. The van der Waals surface area contributed by atoms with Gasteiger partial charge in [-0.1, -0.05) is 0 Å². The molecule has 0 radical (unpaired) electrons. The van der Waals surface area contributed by atoms with E-state index in [1.54, 1.807) is 11.6 Å². The zero-order valence-corrected chi connectivity index (χ0v) is 5.89. The van der Waals surface area contributed by atoms with Crippen LogP contribution in [0.1, 0.15) is 16.1 Å². The third-order valence-electron chi connectivity index (χ3n) is 0.947. The fraction of sp³-hybridized carbons (Fsp3) is 0.167. The van der Waals surface area contributed by atoms with E-state index in [2.05, 4.69) is 4.98 Å². The van der Waals surface area contributed by atoms with Crippen LogP contribution in [0.25, 0.3) is 0 Å². The Labute approximate surface area is 61.9 Å². The Balaban J connectivity index is 2.71. The lowest BCUT2D eigenvalue weighted by Gasteiger charge is -1.83. The Kier molecular flexibility index (Phi) is 2.13. The number of nitriles is 1. The smallest absolute Gasteiger partial charge is 0.188 e. The van der Waals surface area contributed by atoms with Crippen LogP contribution in [0.5, 0.6) is 0 Å². The monoisotopic (exact) mass is 152 g/mol. The standard InChI is InChI=1S/C6H4N2OS/c7-2-1-5(9)6-3-8-4-10-6/h3-4H,1H2. The van der Waals surface area contributed by atoms with E-state index in [0.29, 0.717) is 4.88 Å². The van der Waals surface area contributed by atoms with Gasteiger partial charge in [0.05, 0.1) is 22.9 Å². The Morgan fingerprint density at radius 3 is 3.20 bits per heavy atom. The van der Waals surface area contributed by atoms with E-state index in [-0.39, 0.29) is 12.2 Å². The summed E-state index contributed by atoms with van der Waals surface area (Å²) in [4.78, 5) is 15.1. The van der Waals surface area contributed by atoms with E-state index in [9.17, 15) is 4.79 Å². The third-order valence-corrected chi connectivity index (χ3v) is 1.76. The summed E-state index contributed by atoms with van der Waals surface area (Å²) in [5, 5.41) is 8.15. The van der Waals surface area contributed by atoms with E-state index in [1.165, 1.54) is 17.5 Å². The number of ketones is 1. The van der Waals surface area contributed by atoms with Gasteiger partial charge in [0.2, 0.25) is 0 Å². The van der Waals surface area contributed by atoms with Crippen LogP contribution in [0.2, 0.25) is 0 Å². The second kappa shape index (κ2) is 3.08. The largest absolute Gasteiger partial charge is 0.292 e. The van der Waals surface area contributed by atoms with Gasteiger partial charge in [0, 0.05) is 6.20 Å². The molecule has 50 valence electrons. The van der Waals surface area contributed by atoms with Gasteiger partial charge < -0.3 is 0 Å². The molecule has 4 heteroatoms. The summed E-state index contributed by atoms with van der Waals surface area (Å²) in [6.07, 6.45) is 1.42. The van der Waals surface area contributed by atoms with Gasteiger partial charge >= 0.3 is 0 Å². The maximum absolute atomic E-state index is 10.9. The molecule has 1 aromatic rings. The third kappa shape index (κ3) is 1.39. The van der Waals surface area contributed by atoms with Crippen molar-refractivity contribution in [1.29, 1.82) is 5.26 Å². The summed E-state index contributed by atoms with van der Waals surface area (Å²) in [5.41, 5.74) is 1.57. The summed E-state index contributed by atoms with van der Waals surface area (Å²) in [6, 6.07) is 1.79. The molecule has 3 nitrogen and oxygen atoms in total. The second-order valence-electron chi connectivity index (χ2n) is 1.62. The minimum Gasteiger partial charge on any atom is -0.292 e. The molecule has 0 saturated heterocycles. The molecule has 1 aromatic heterocycles. The van der Waals surface area contributed by atoms with E-state index in [4.69, 9.17) is 5.26 Å². The molecule has 0 spiro atoms. The van der Waals surface area contributed by atoms with Gasteiger partial charge in [-0.05, 0) is 0 Å². The minimum atomic E-state index is -0.148. The first kappa shape index (κ1) is 6.90. The predicted molar refractivity (Wildman–Crippen MR) is 36.7 cm³/mol. The molecule has 0 aromatic carbocycles. The molecule has 0 N–H and O–H groups in total. The summed E-state index contributed by atoms with van der Waals surface area (Å²) in [5.74, 6) is -0.148. The summed E-state index contributed by atoms with van der Waals surface area (Å²) < 4.78 is 0. The first-order valence-electron chi connectivity index (χ1n) is 2.63. The van der Waals surface area contributed by atoms with Crippen LogP contribution in [-0.4, -0.2) is 10.8 Å². The van der Waals surface area contributed by atoms with Gasteiger partial charge in [0.1, 0.15) is 0 Å². The zero-order chi connectivity index (χ0) is 7.40. The molecule has 0 unspecified atom stereocenters. The lowest BCUT2D eigenvalue weighted by Crippen LogP contribution is -1.92. The molecule has 1 rings (SSSR count). The van der Waals surface area contributed by atoms with Crippen LogP contribution in [0.4, 0.5) is 0 Å². The average molecular weight is 152 g/mol. The summed E-state index contributed by atoms with van der Waals surface area (Å²) in [6.45, 7) is 0. The number of carbonyl (C=O) groups excluding carboxylic acids is 1. The van der Waals surface area contributed by atoms with Crippen molar-refractivity contribution >= 4 is 17.1 Å². The zero-order valence-electron chi connectivity index (χ0n) is 5.07. The van der Waals surface area contributed by atoms with Crippen LogP contribution >= 0.6 is 11.3 Å². The normalized spacial score (nSPS) is 8.70. The van der Waals surface area contributed by atoms with Crippen molar-refractivity contribution in [2.45, 2.75) is 6.42 Å². The van der Waals surface area contributed by atoms with Gasteiger partial charge in [-0.2, -0.15) is 5.26 Å². The predicted octanol–water partition coefficient (Wildman–Crippen LogP) is 1.24. The highest BCUT2D eigenvalue weighted by atomic mass is 32.1. The molecule has 10 heavy (non-hydrogen) atoms. The van der Waals surface area contributed by atoms with Crippen LogP contribution in [-0.2, 0) is 0 Å². The van der Waals surface area contributed by atoms with Crippen molar-refractivity contribution in [1.82, 2.24) is 4.98 Å². The molecule has 1 heterocycles. The van der Waals surface area contributed by atoms with Crippen LogP contribution < -0.4 is 0 Å². The Bertz CT molecular complexity index is 260. The maximum Gasteiger partial charge on any atom is 0.188 e. The number of hydrogen-bond donors (Lipinski definition) is 0. The highest BCUT2D eigenvalue weighted by Crippen LogP contribution is 2.07. The van der Waals surface area contributed by atoms with Crippen molar-refractivity contribution in [3.05, 3.63) is 16.6 Å². The Morgan fingerprint density at radius 1 is 1.90 bits per heavy atom. The molecule has 0 bridgehead atoms. The maximum atomic E-state index is 10.9. The Hall–Kier alpha value is -1.21.